The van der Waals surface area contributed by atoms with Crippen molar-refractivity contribution < 1.29 is 4.79 Å². The van der Waals surface area contributed by atoms with Crippen LogP contribution in [0.1, 0.15) is 31.3 Å². The summed E-state index contributed by atoms with van der Waals surface area (Å²) in [5.74, 6) is -0.283. The summed E-state index contributed by atoms with van der Waals surface area (Å²) in [4.78, 5) is 25.5. The summed E-state index contributed by atoms with van der Waals surface area (Å²) in [5, 5.41) is 2.84. The first-order valence-corrected chi connectivity index (χ1v) is 5.90. The number of alkyl halides is 1. The number of hydrogen-bond acceptors (Lipinski definition) is 2. The molecule has 1 heterocycles. The average Bonchev–Trinajstić information content (AvgIpc) is 2.16. The molecule has 1 aromatic rings. The molecule has 1 unspecified atom stereocenters. The van der Waals surface area contributed by atoms with Gasteiger partial charge in [-0.3, -0.25) is 9.59 Å². The van der Waals surface area contributed by atoms with E-state index in [0.29, 0.717) is 0 Å². The zero-order valence-electron chi connectivity index (χ0n) is 9.50. The lowest BCUT2D eigenvalue weighted by Gasteiger charge is -2.29. The molecule has 4 nitrogen and oxygen atoms in total. The van der Waals surface area contributed by atoms with Crippen molar-refractivity contribution in [1.29, 1.82) is 0 Å². The van der Waals surface area contributed by atoms with Crippen LogP contribution < -0.4 is 10.9 Å². The molecule has 0 aliphatic rings. The van der Waals surface area contributed by atoms with Crippen LogP contribution in [0.5, 0.6) is 0 Å². The van der Waals surface area contributed by atoms with E-state index in [4.69, 9.17) is 0 Å². The van der Waals surface area contributed by atoms with Crippen LogP contribution in [0.2, 0.25) is 0 Å². The zero-order chi connectivity index (χ0) is 12.3. The minimum absolute atomic E-state index is 0.124. The fourth-order valence-electron chi connectivity index (χ4n) is 1.04. The van der Waals surface area contributed by atoms with Crippen LogP contribution in [0.15, 0.2) is 23.0 Å². The third kappa shape index (κ3) is 3.20. The molecule has 2 N–H and O–H groups in total. The van der Waals surface area contributed by atoms with Gasteiger partial charge in [0.05, 0.1) is 0 Å². The Hall–Kier alpha value is -1.10. The predicted octanol–water partition coefficient (Wildman–Crippen LogP) is 1.67. The van der Waals surface area contributed by atoms with Gasteiger partial charge in [0.15, 0.2) is 0 Å². The van der Waals surface area contributed by atoms with Crippen molar-refractivity contribution in [1.82, 2.24) is 10.3 Å². The summed E-state index contributed by atoms with van der Waals surface area (Å²) in [5.41, 5.74) is -0.393. The molecule has 0 saturated heterocycles. The number of halogens is 1. The van der Waals surface area contributed by atoms with Crippen LogP contribution in [-0.4, -0.2) is 21.3 Å². The highest BCUT2D eigenvalue weighted by Crippen LogP contribution is 2.16. The van der Waals surface area contributed by atoms with E-state index in [9.17, 15) is 9.59 Å². The third-order valence-corrected chi connectivity index (χ3v) is 3.59. The molecule has 0 aliphatic heterocycles. The Morgan fingerprint density at radius 2 is 2.12 bits per heavy atom. The number of amides is 1. The predicted molar refractivity (Wildman–Crippen MR) is 67.0 cm³/mol. The summed E-state index contributed by atoms with van der Waals surface area (Å²) in [6.07, 6.45) is 0. The van der Waals surface area contributed by atoms with Crippen molar-refractivity contribution in [3.8, 4) is 0 Å². The second kappa shape index (κ2) is 4.82. The van der Waals surface area contributed by atoms with Crippen LogP contribution in [0.4, 0.5) is 0 Å². The van der Waals surface area contributed by atoms with Gasteiger partial charge in [-0.2, -0.15) is 0 Å². The van der Waals surface area contributed by atoms with Crippen molar-refractivity contribution >= 4 is 21.8 Å². The van der Waals surface area contributed by atoms with E-state index in [1.165, 1.54) is 6.07 Å². The summed E-state index contributed by atoms with van der Waals surface area (Å²) in [6.45, 7) is 5.77. The second-order valence-corrected chi connectivity index (χ2v) is 5.59. The molecule has 0 aromatic carbocycles. The van der Waals surface area contributed by atoms with Gasteiger partial charge in [-0.05, 0) is 19.9 Å². The van der Waals surface area contributed by atoms with E-state index in [0.717, 1.165) is 0 Å². The molecule has 1 rings (SSSR count). The van der Waals surface area contributed by atoms with Gasteiger partial charge in [0, 0.05) is 16.4 Å². The molecule has 88 valence electrons. The highest BCUT2D eigenvalue weighted by atomic mass is 79.9. The topological polar surface area (TPSA) is 62.0 Å². The zero-order valence-corrected chi connectivity index (χ0v) is 11.1. The van der Waals surface area contributed by atoms with Gasteiger partial charge in [0.2, 0.25) is 5.56 Å². The molecule has 0 aliphatic carbocycles. The molecular weight excluding hydrogens is 272 g/mol. The second-order valence-electron chi connectivity index (χ2n) is 4.22. The lowest BCUT2D eigenvalue weighted by atomic mass is 10.0. The fraction of sp³-hybridized carbons (Fsp3) is 0.455. The Morgan fingerprint density at radius 3 is 2.62 bits per heavy atom. The van der Waals surface area contributed by atoms with Crippen molar-refractivity contribution in [2.75, 3.05) is 0 Å². The van der Waals surface area contributed by atoms with Gasteiger partial charge in [-0.1, -0.05) is 28.9 Å². The maximum Gasteiger partial charge on any atom is 0.268 e. The number of hydrogen-bond donors (Lipinski definition) is 2. The maximum atomic E-state index is 11.8. The minimum atomic E-state index is -0.385. The molecule has 16 heavy (non-hydrogen) atoms. The minimum Gasteiger partial charge on any atom is -0.345 e. The SMILES string of the molecule is CC(Br)C(C)(C)NC(=O)c1cccc(=O)[nH]1. The van der Waals surface area contributed by atoms with Crippen molar-refractivity contribution in [3.05, 3.63) is 34.2 Å². The van der Waals surface area contributed by atoms with Crippen molar-refractivity contribution in [2.24, 2.45) is 0 Å². The Kier molecular flexibility index (Phi) is 3.91. The largest absolute Gasteiger partial charge is 0.345 e. The van der Waals surface area contributed by atoms with E-state index in [1.54, 1.807) is 12.1 Å². The summed E-state index contributed by atoms with van der Waals surface area (Å²) in [6, 6.07) is 4.50. The number of aromatic amines is 1. The Balaban J connectivity index is 2.85. The maximum absolute atomic E-state index is 11.8. The van der Waals surface area contributed by atoms with Crippen molar-refractivity contribution in [3.63, 3.8) is 0 Å². The molecule has 5 heteroatoms. The first-order valence-electron chi connectivity index (χ1n) is 4.99. The third-order valence-electron chi connectivity index (χ3n) is 2.44. The molecule has 0 spiro atoms. The summed E-state index contributed by atoms with van der Waals surface area (Å²) >= 11 is 3.42. The summed E-state index contributed by atoms with van der Waals surface area (Å²) in [7, 11) is 0. The van der Waals surface area contributed by atoms with Gasteiger partial charge in [0.25, 0.3) is 5.91 Å². The van der Waals surface area contributed by atoms with Gasteiger partial charge in [-0.25, -0.2) is 0 Å². The first kappa shape index (κ1) is 13.0. The smallest absolute Gasteiger partial charge is 0.268 e. The van der Waals surface area contributed by atoms with Crippen LogP contribution in [0.3, 0.4) is 0 Å². The molecule has 0 radical (unpaired) electrons. The van der Waals surface area contributed by atoms with E-state index >= 15 is 0 Å². The average molecular weight is 287 g/mol. The molecule has 0 saturated carbocycles. The molecule has 0 fully saturated rings. The summed E-state index contributed by atoms with van der Waals surface area (Å²) < 4.78 is 0. The number of aromatic nitrogens is 1. The van der Waals surface area contributed by atoms with Crippen LogP contribution in [0, 0.1) is 0 Å². The molecular formula is C11H15BrN2O2. The van der Waals surface area contributed by atoms with Crippen molar-refractivity contribution in [2.45, 2.75) is 31.1 Å². The number of nitrogens with one attached hydrogen (secondary N) is 2. The number of rotatable bonds is 3. The van der Waals surface area contributed by atoms with Gasteiger partial charge in [0.1, 0.15) is 5.69 Å². The van der Waals surface area contributed by atoms with Crippen LogP contribution >= 0.6 is 15.9 Å². The fourth-order valence-corrected chi connectivity index (χ4v) is 1.15. The lowest BCUT2D eigenvalue weighted by molar-refractivity contribution is 0.0908. The van der Waals surface area contributed by atoms with E-state index < -0.39 is 0 Å². The molecule has 1 atom stereocenters. The van der Waals surface area contributed by atoms with Crippen LogP contribution in [-0.2, 0) is 0 Å². The number of carbonyl (C=O) groups excluding carboxylic acids is 1. The van der Waals surface area contributed by atoms with Gasteiger partial charge < -0.3 is 10.3 Å². The molecule has 1 aromatic heterocycles. The van der Waals surface area contributed by atoms with Gasteiger partial charge in [-0.15, -0.1) is 0 Å². The Labute approximate surface area is 103 Å². The number of carbonyl (C=O) groups is 1. The molecule has 1 amide bonds. The monoisotopic (exact) mass is 286 g/mol. The first-order chi connectivity index (χ1) is 7.33. The van der Waals surface area contributed by atoms with E-state index in [2.05, 4.69) is 26.2 Å². The standard InChI is InChI=1S/C11H15BrN2O2/c1-7(12)11(2,3)14-10(16)8-5-4-6-9(15)13-8/h4-7H,1-3H3,(H,13,15)(H,14,16). The van der Waals surface area contributed by atoms with Crippen LogP contribution in [0.25, 0.3) is 0 Å². The quantitative estimate of drug-likeness (QED) is 0.831. The number of pyridine rings is 1. The highest BCUT2D eigenvalue weighted by molar-refractivity contribution is 9.09. The van der Waals surface area contributed by atoms with E-state index in [1.807, 2.05) is 20.8 Å². The molecule has 0 bridgehead atoms. The normalized spacial score (nSPS) is 13.2. The Morgan fingerprint density at radius 1 is 1.50 bits per heavy atom. The van der Waals surface area contributed by atoms with E-state index in [-0.39, 0.29) is 27.5 Å². The van der Waals surface area contributed by atoms with Gasteiger partial charge >= 0.3 is 0 Å². The highest BCUT2D eigenvalue weighted by Gasteiger charge is 2.26. The lowest BCUT2D eigenvalue weighted by Crippen LogP contribution is -2.49. The Bertz CT molecular complexity index is 438. The number of H-pyrrole nitrogens is 1.